The molecule has 0 aromatic heterocycles. The zero-order valence-corrected chi connectivity index (χ0v) is 17.8. The summed E-state index contributed by atoms with van der Waals surface area (Å²) in [5.41, 5.74) is 3.38. The molecule has 0 aliphatic rings. The van der Waals surface area contributed by atoms with Gasteiger partial charge in [0.25, 0.3) is 0 Å². The monoisotopic (exact) mass is 496 g/mol. The van der Waals surface area contributed by atoms with Crippen molar-refractivity contribution < 1.29 is 27.0 Å². The summed E-state index contributed by atoms with van der Waals surface area (Å²) in [6, 6.07) is 14.2. The number of hydrogen-bond acceptors (Lipinski definition) is 4. The van der Waals surface area contributed by atoms with Gasteiger partial charge < -0.3 is 9.47 Å². The maximum absolute atomic E-state index is 13.8. The first-order valence-corrected chi connectivity index (χ1v) is 9.77. The second-order valence-electron chi connectivity index (χ2n) is 6.36. The quantitative estimate of drug-likeness (QED) is 0.226. The molecule has 0 atom stereocenters. The van der Waals surface area contributed by atoms with E-state index in [1.54, 1.807) is 30.3 Å². The van der Waals surface area contributed by atoms with Crippen LogP contribution in [0.1, 0.15) is 16.7 Å². The van der Waals surface area contributed by atoms with Gasteiger partial charge in [0.05, 0.1) is 29.0 Å². The van der Waals surface area contributed by atoms with Crippen LogP contribution in [-0.2, 0) is 12.8 Å². The van der Waals surface area contributed by atoms with Crippen LogP contribution in [0.2, 0.25) is 0 Å². The summed E-state index contributed by atoms with van der Waals surface area (Å²) in [4.78, 5) is 0. The van der Waals surface area contributed by atoms with E-state index in [0.717, 1.165) is 12.1 Å². The van der Waals surface area contributed by atoms with E-state index in [-0.39, 0.29) is 12.4 Å². The molecule has 3 rings (SSSR count). The Morgan fingerprint density at radius 1 is 1.06 bits per heavy atom. The van der Waals surface area contributed by atoms with Crippen molar-refractivity contribution in [1.29, 1.82) is 0 Å². The van der Waals surface area contributed by atoms with Gasteiger partial charge in [-0.25, -0.2) is 4.39 Å². The van der Waals surface area contributed by atoms with Crippen LogP contribution in [0.25, 0.3) is 0 Å². The minimum absolute atomic E-state index is 0.0184. The number of hydrazone groups is 1. The van der Waals surface area contributed by atoms with Crippen LogP contribution < -0.4 is 14.9 Å². The third-order valence-electron chi connectivity index (χ3n) is 4.20. The fourth-order valence-electron chi connectivity index (χ4n) is 2.63. The van der Waals surface area contributed by atoms with Gasteiger partial charge in [0.15, 0.2) is 11.5 Å². The molecule has 162 valence electrons. The maximum atomic E-state index is 13.8. The Kier molecular flexibility index (Phi) is 7.17. The Morgan fingerprint density at radius 2 is 1.77 bits per heavy atom. The van der Waals surface area contributed by atoms with Gasteiger partial charge in [0.2, 0.25) is 0 Å². The van der Waals surface area contributed by atoms with Crippen molar-refractivity contribution in [2.45, 2.75) is 12.8 Å². The van der Waals surface area contributed by atoms with Crippen molar-refractivity contribution in [3.63, 3.8) is 0 Å². The topological polar surface area (TPSA) is 42.8 Å². The van der Waals surface area contributed by atoms with Crippen LogP contribution in [-0.4, -0.2) is 13.3 Å². The molecule has 4 nitrogen and oxygen atoms in total. The Labute approximate surface area is 184 Å². The van der Waals surface area contributed by atoms with Crippen LogP contribution in [0.4, 0.5) is 23.2 Å². The highest BCUT2D eigenvalue weighted by Crippen LogP contribution is 2.37. The minimum Gasteiger partial charge on any atom is -0.493 e. The number of nitrogens with zero attached hydrogens (tertiary/aromatic N) is 1. The van der Waals surface area contributed by atoms with Crippen molar-refractivity contribution >= 4 is 27.8 Å². The predicted molar refractivity (Wildman–Crippen MR) is 114 cm³/mol. The number of rotatable bonds is 7. The summed E-state index contributed by atoms with van der Waals surface area (Å²) in [5.74, 6) is 0.441. The lowest BCUT2D eigenvalue weighted by molar-refractivity contribution is -0.137. The molecule has 0 amide bonds. The molecule has 0 unspecified atom stereocenters. The maximum Gasteiger partial charge on any atom is 0.416 e. The van der Waals surface area contributed by atoms with Crippen molar-refractivity contribution in [3.05, 3.63) is 87.6 Å². The van der Waals surface area contributed by atoms with Crippen molar-refractivity contribution in [3.8, 4) is 11.5 Å². The average Bonchev–Trinajstić information content (AvgIpc) is 2.73. The van der Waals surface area contributed by atoms with Gasteiger partial charge in [0, 0.05) is 5.56 Å². The normalized spacial score (nSPS) is 11.5. The molecule has 0 spiro atoms. The molecule has 0 bridgehead atoms. The molecule has 1 N–H and O–H groups in total. The number of halogens is 5. The van der Waals surface area contributed by atoms with Crippen LogP contribution >= 0.6 is 15.9 Å². The number of alkyl halides is 3. The smallest absolute Gasteiger partial charge is 0.416 e. The zero-order valence-electron chi connectivity index (χ0n) is 16.2. The minimum atomic E-state index is -4.39. The number of ether oxygens (including phenoxy) is 2. The summed E-state index contributed by atoms with van der Waals surface area (Å²) in [6.07, 6.45) is -2.91. The second-order valence-corrected chi connectivity index (χ2v) is 7.21. The van der Waals surface area contributed by atoms with Gasteiger partial charge in [-0.3, -0.25) is 5.43 Å². The van der Waals surface area contributed by atoms with Crippen LogP contribution in [0.3, 0.4) is 0 Å². The summed E-state index contributed by atoms with van der Waals surface area (Å²) >= 11 is 3.41. The van der Waals surface area contributed by atoms with Gasteiger partial charge in [-0.15, -0.1) is 0 Å². The second kappa shape index (κ2) is 9.82. The number of methoxy groups -OCH3 is 1. The third kappa shape index (κ3) is 5.97. The molecule has 0 saturated carbocycles. The molecule has 0 aliphatic heterocycles. The van der Waals surface area contributed by atoms with Gasteiger partial charge in [-0.2, -0.15) is 18.3 Å². The molecule has 3 aromatic carbocycles. The van der Waals surface area contributed by atoms with Gasteiger partial charge in [0.1, 0.15) is 12.4 Å². The van der Waals surface area contributed by atoms with Gasteiger partial charge in [-0.1, -0.05) is 18.2 Å². The van der Waals surface area contributed by atoms with E-state index < -0.39 is 11.7 Å². The molecule has 3 aromatic rings. The summed E-state index contributed by atoms with van der Waals surface area (Å²) in [7, 11) is 1.47. The zero-order chi connectivity index (χ0) is 22.4. The Hall–Kier alpha value is -3.07. The van der Waals surface area contributed by atoms with Crippen molar-refractivity contribution in [1.82, 2.24) is 0 Å². The van der Waals surface area contributed by atoms with Crippen molar-refractivity contribution in [2.24, 2.45) is 5.10 Å². The van der Waals surface area contributed by atoms with E-state index in [9.17, 15) is 17.6 Å². The van der Waals surface area contributed by atoms with E-state index >= 15 is 0 Å². The summed E-state index contributed by atoms with van der Waals surface area (Å²) in [6.45, 7) is 0.0184. The summed E-state index contributed by atoms with van der Waals surface area (Å²) in [5, 5.41) is 4.03. The standard InChI is InChI=1S/C22H17BrF4N2O2/c1-30-20-11-14(12-28-29-17-8-6-16(7-9-17)22(25,26)27)10-18(23)21(20)31-13-15-4-2-3-5-19(15)24/h2-12,29H,13H2,1H3/b28-12+. The third-order valence-corrected chi connectivity index (χ3v) is 4.79. The fraction of sp³-hybridized carbons (Fsp3) is 0.136. The number of hydrogen-bond donors (Lipinski definition) is 1. The van der Waals surface area contributed by atoms with E-state index in [1.807, 2.05) is 0 Å². The largest absolute Gasteiger partial charge is 0.493 e. The van der Waals surface area contributed by atoms with Crippen LogP contribution in [0, 0.1) is 5.82 Å². The van der Waals surface area contributed by atoms with E-state index in [4.69, 9.17) is 9.47 Å². The highest BCUT2D eigenvalue weighted by molar-refractivity contribution is 9.10. The number of anilines is 1. The lowest BCUT2D eigenvalue weighted by Crippen LogP contribution is -2.04. The van der Waals surface area contributed by atoms with E-state index in [0.29, 0.717) is 32.8 Å². The fourth-order valence-corrected chi connectivity index (χ4v) is 3.21. The molecule has 0 saturated heterocycles. The molecule has 9 heteroatoms. The molecule has 0 heterocycles. The van der Waals surface area contributed by atoms with E-state index in [2.05, 4.69) is 26.5 Å². The average molecular weight is 497 g/mol. The first kappa shape index (κ1) is 22.6. The number of benzene rings is 3. The lowest BCUT2D eigenvalue weighted by atomic mass is 10.2. The Bertz CT molecular complexity index is 1070. The Balaban J connectivity index is 1.69. The molecule has 0 aliphatic carbocycles. The van der Waals surface area contributed by atoms with Crippen LogP contribution in [0.5, 0.6) is 11.5 Å². The molecule has 31 heavy (non-hydrogen) atoms. The van der Waals surface area contributed by atoms with Crippen LogP contribution in [0.15, 0.2) is 70.2 Å². The SMILES string of the molecule is COc1cc(/C=N/Nc2ccc(C(F)(F)F)cc2)cc(Br)c1OCc1ccccc1F. The molecule has 0 fully saturated rings. The molecular formula is C22H17BrF4N2O2. The molecular weight excluding hydrogens is 480 g/mol. The van der Waals surface area contributed by atoms with Gasteiger partial charge in [-0.05, 0) is 64.0 Å². The molecule has 0 radical (unpaired) electrons. The first-order valence-electron chi connectivity index (χ1n) is 8.98. The lowest BCUT2D eigenvalue weighted by Gasteiger charge is -2.14. The van der Waals surface area contributed by atoms with Gasteiger partial charge >= 0.3 is 6.18 Å². The Morgan fingerprint density at radius 3 is 2.42 bits per heavy atom. The van der Waals surface area contributed by atoms with Crippen molar-refractivity contribution in [2.75, 3.05) is 12.5 Å². The highest BCUT2D eigenvalue weighted by atomic mass is 79.9. The van der Waals surface area contributed by atoms with E-state index in [1.165, 1.54) is 31.5 Å². The predicted octanol–water partition coefficient (Wildman–Crippen LogP) is 6.64. The number of nitrogens with one attached hydrogen (secondary N) is 1. The summed E-state index contributed by atoms with van der Waals surface area (Å²) < 4.78 is 63.3. The first-order chi connectivity index (χ1) is 14.8. The highest BCUT2D eigenvalue weighted by Gasteiger charge is 2.29.